The van der Waals surface area contributed by atoms with E-state index in [1.54, 1.807) is 12.1 Å². The highest BCUT2D eigenvalue weighted by atomic mass is 16.5. The van der Waals surface area contributed by atoms with E-state index >= 15 is 0 Å². The number of nitrogens with one attached hydrogen (secondary N) is 1. The van der Waals surface area contributed by atoms with Crippen LogP contribution >= 0.6 is 0 Å². The molecule has 0 spiro atoms. The number of methoxy groups -OCH3 is 1. The van der Waals surface area contributed by atoms with Gasteiger partial charge in [0.2, 0.25) is 0 Å². The second-order valence-electron chi connectivity index (χ2n) is 4.97. The quantitative estimate of drug-likeness (QED) is 0.861. The van der Waals surface area contributed by atoms with Gasteiger partial charge in [0, 0.05) is 12.1 Å². The van der Waals surface area contributed by atoms with Crippen molar-refractivity contribution in [1.82, 2.24) is 5.32 Å². The molecular weight excluding hydrogens is 266 g/mol. The minimum Gasteiger partial charge on any atom is -0.491 e. The molecule has 0 aliphatic carbocycles. The van der Waals surface area contributed by atoms with E-state index in [-0.39, 0.29) is 12.0 Å². The van der Waals surface area contributed by atoms with Gasteiger partial charge in [0.05, 0.1) is 18.7 Å². The van der Waals surface area contributed by atoms with Crippen molar-refractivity contribution in [2.75, 3.05) is 13.7 Å². The van der Waals surface area contributed by atoms with Crippen LogP contribution in [-0.4, -0.2) is 19.7 Å². The van der Waals surface area contributed by atoms with Crippen molar-refractivity contribution in [1.29, 1.82) is 0 Å². The van der Waals surface area contributed by atoms with E-state index in [2.05, 4.69) is 17.4 Å². The van der Waals surface area contributed by atoms with Crippen LogP contribution in [0.3, 0.4) is 0 Å². The fraction of sp³-hybridized carbons (Fsp3) is 0.235. The molecule has 0 aromatic heterocycles. The first kappa shape index (κ1) is 13.6. The molecule has 2 aromatic carbocycles. The molecule has 0 amide bonds. The van der Waals surface area contributed by atoms with Gasteiger partial charge >= 0.3 is 5.97 Å². The topological polar surface area (TPSA) is 47.6 Å². The Morgan fingerprint density at radius 2 is 2.05 bits per heavy atom. The standard InChI is InChI=1S/C17H17NO3/c1-20-17(19)13-7-8-14-10-18-15(11-21-16(14)9-13)12-5-3-2-4-6-12/h2-9,15,18H,10-11H2,1H3. The first-order valence-corrected chi connectivity index (χ1v) is 6.90. The number of hydrogen-bond acceptors (Lipinski definition) is 4. The van der Waals surface area contributed by atoms with Crippen LogP contribution in [0.25, 0.3) is 0 Å². The van der Waals surface area contributed by atoms with Gasteiger partial charge in [-0.2, -0.15) is 0 Å². The zero-order chi connectivity index (χ0) is 14.7. The molecule has 21 heavy (non-hydrogen) atoms. The van der Waals surface area contributed by atoms with E-state index in [1.165, 1.54) is 12.7 Å². The largest absolute Gasteiger partial charge is 0.491 e. The van der Waals surface area contributed by atoms with E-state index in [1.807, 2.05) is 24.3 Å². The lowest BCUT2D eigenvalue weighted by atomic mass is 10.1. The number of hydrogen-bond donors (Lipinski definition) is 1. The summed E-state index contributed by atoms with van der Waals surface area (Å²) in [5.41, 5.74) is 2.74. The Morgan fingerprint density at radius 3 is 2.81 bits per heavy atom. The second kappa shape index (κ2) is 5.97. The average Bonchev–Trinajstić information content (AvgIpc) is 2.77. The van der Waals surface area contributed by atoms with Gasteiger partial charge in [0.25, 0.3) is 0 Å². The molecule has 0 bridgehead atoms. The van der Waals surface area contributed by atoms with E-state index in [9.17, 15) is 4.79 Å². The number of rotatable bonds is 2. The maximum absolute atomic E-state index is 11.6. The molecule has 1 heterocycles. The zero-order valence-corrected chi connectivity index (χ0v) is 11.8. The summed E-state index contributed by atoms with van der Waals surface area (Å²) >= 11 is 0. The van der Waals surface area contributed by atoms with Crippen LogP contribution in [-0.2, 0) is 11.3 Å². The number of benzene rings is 2. The Morgan fingerprint density at radius 1 is 1.24 bits per heavy atom. The smallest absolute Gasteiger partial charge is 0.337 e. The number of fused-ring (bicyclic) bond motifs is 1. The summed E-state index contributed by atoms with van der Waals surface area (Å²) in [4.78, 5) is 11.6. The van der Waals surface area contributed by atoms with Gasteiger partial charge in [-0.25, -0.2) is 4.79 Å². The van der Waals surface area contributed by atoms with Crippen molar-refractivity contribution in [3.8, 4) is 5.75 Å². The predicted octanol–water partition coefficient (Wildman–Crippen LogP) is 2.70. The minimum atomic E-state index is -0.349. The lowest BCUT2D eigenvalue weighted by molar-refractivity contribution is 0.0600. The molecule has 1 N–H and O–H groups in total. The lowest BCUT2D eigenvalue weighted by Crippen LogP contribution is -2.23. The molecular formula is C17H17NO3. The van der Waals surface area contributed by atoms with E-state index < -0.39 is 0 Å². The molecule has 0 saturated carbocycles. The van der Waals surface area contributed by atoms with Crippen LogP contribution in [0.1, 0.15) is 27.5 Å². The third-order valence-corrected chi connectivity index (χ3v) is 3.63. The Kier molecular flexibility index (Phi) is 3.88. The number of carbonyl (C=O) groups is 1. The molecule has 4 heteroatoms. The highest BCUT2D eigenvalue weighted by Gasteiger charge is 2.19. The third kappa shape index (κ3) is 2.90. The van der Waals surface area contributed by atoms with Gasteiger partial charge in [-0.3, -0.25) is 0 Å². The van der Waals surface area contributed by atoms with E-state index in [4.69, 9.17) is 9.47 Å². The van der Waals surface area contributed by atoms with E-state index in [0.29, 0.717) is 18.7 Å². The van der Waals surface area contributed by atoms with E-state index in [0.717, 1.165) is 11.3 Å². The summed E-state index contributed by atoms with van der Waals surface area (Å²) in [5, 5.41) is 3.48. The molecule has 1 aliphatic rings. The van der Waals surface area contributed by atoms with Gasteiger partial charge < -0.3 is 14.8 Å². The van der Waals surface area contributed by atoms with Crippen molar-refractivity contribution < 1.29 is 14.3 Å². The molecule has 1 atom stereocenters. The monoisotopic (exact) mass is 283 g/mol. The van der Waals surface area contributed by atoms with Gasteiger partial charge in [-0.15, -0.1) is 0 Å². The minimum absolute atomic E-state index is 0.139. The summed E-state index contributed by atoms with van der Waals surface area (Å²) in [6.45, 7) is 1.23. The molecule has 3 rings (SSSR count). The summed E-state index contributed by atoms with van der Waals surface area (Å²) < 4.78 is 10.6. The van der Waals surface area contributed by atoms with Crippen LogP contribution in [0.15, 0.2) is 48.5 Å². The van der Waals surface area contributed by atoms with Crippen molar-refractivity contribution in [2.24, 2.45) is 0 Å². The van der Waals surface area contributed by atoms with Crippen molar-refractivity contribution in [2.45, 2.75) is 12.6 Å². The fourth-order valence-electron chi connectivity index (χ4n) is 2.44. The maximum Gasteiger partial charge on any atom is 0.337 e. The molecule has 0 radical (unpaired) electrons. The summed E-state index contributed by atoms with van der Waals surface area (Å²) in [7, 11) is 1.38. The Labute approximate surface area is 123 Å². The van der Waals surface area contributed by atoms with Gasteiger partial charge in [-0.05, 0) is 17.7 Å². The van der Waals surface area contributed by atoms with Crippen LogP contribution in [0, 0.1) is 0 Å². The molecule has 108 valence electrons. The van der Waals surface area contributed by atoms with Crippen LogP contribution in [0.4, 0.5) is 0 Å². The number of ether oxygens (including phenoxy) is 2. The van der Waals surface area contributed by atoms with Crippen LogP contribution in [0.5, 0.6) is 5.75 Å². The second-order valence-corrected chi connectivity index (χ2v) is 4.97. The summed E-state index contributed by atoms with van der Waals surface area (Å²) in [6, 6.07) is 15.7. The maximum atomic E-state index is 11.6. The Hall–Kier alpha value is -2.33. The van der Waals surface area contributed by atoms with Gasteiger partial charge in [0.1, 0.15) is 12.4 Å². The Balaban J connectivity index is 1.81. The highest BCUT2D eigenvalue weighted by molar-refractivity contribution is 5.89. The van der Waals surface area contributed by atoms with Crippen LogP contribution in [0.2, 0.25) is 0 Å². The summed E-state index contributed by atoms with van der Waals surface area (Å²) in [5.74, 6) is 0.391. The van der Waals surface area contributed by atoms with Gasteiger partial charge in [-0.1, -0.05) is 36.4 Å². The van der Waals surface area contributed by atoms with Crippen molar-refractivity contribution >= 4 is 5.97 Å². The van der Waals surface area contributed by atoms with Gasteiger partial charge in [0.15, 0.2) is 0 Å². The van der Waals surface area contributed by atoms with Crippen LogP contribution < -0.4 is 10.1 Å². The zero-order valence-electron chi connectivity index (χ0n) is 11.8. The first-order chi connectivity index (χ1) is 10.3. The molecule has 0 saturated heterocycles. The fourth-order valence-corrected chi connectivity index (χ4v) is 2.44. The molecule has 0 fully saturated rings. The number of carbonyl (C=O) groups excluding carboxylic acids is 1. The molecule has 4 nitrogen and oxygen atoms in total. The molecule has 1 unspecified atom stereocenters. The average molecular weight is 283 g/mol. The normalized spacial score (nSPS) is 17.3. The van der Waals surface area contributed by atoms with Crippen molar-refractivity contribution in [3.05, 3.63) is 65.2 Å². The SMILES string of the molecule is COC(=O)c1ccc2c(c1)OCC(c1ccccc1)NC2. The predicted molar refractivity (Wildman–Crippen MR) is 79.3 cm³/mol. The first-order valence-electron chi connectivity index (χ1n) is 6.90. The third-order valence-electron chi connectivity index (χ3n) is 3.63. The summed E-state index contributed by atoms with van der Waals surface area (Å²) in [6.07, 6.45) is 0. The number of esters is 1. The molecule has 2 aromatic rings. The highest BCUT2D eigenvalue weighted by Crippen LogP contribution is 2.26. The molecule has 1 aliphatic heterocycles. The van der Waals surface area contributed by atoms with Crippen molar-refractivity contribution in [3.63, 3.8) is 0 Å². The lowest BCUT2D eigenvalue weighted by Gasteiger charge is -2.15. The Bertz CT molecular complexity index is 640.